The van der Waals surface area contributed by atoms with Gasteiger partial charge < -0.3 is 10.2 Å². The van der Waals surface area contributed by atoms with E-state index >= 15 is 0 Å². The van der Waals surface area contributed by atoms with Gasteiger partial charge in [-0.3, -0.25) is 4.68 Å². The molecule has 3 aromatic heterocycles. The molecule has 9 nitrogen and oxygen atoms in total. The highest BCUT2D eigenvalue weighted by atomic mass is 16.4. The largest absolute Gasteiger partial charge is 0.492 e. The van der Waals surface area contributed by atoms with Crippen LogP contribution in [0.2, 0.25) is 0 Å². The monoisotopic (exact) mass is 440 g/mol. The molecule has 0 saturated carbocycles. The molecule has 0 fully saturated rings. The van der Waals surface area contributed by atoms with E-state index in [1.165, 1.54) is 28.2 Å². The number of benzene rings is 2. The Morgan fingerprint density at radius 2 is 1.61 bits per heavy atom. The van der Waals surface area contributed by atoms with Crippen LogP contribution >= 0.6 is 0 Å². The highest BCUT2D eigenvalue weighted by molar-refractivity contribution is 5.87. The van der Waals surface area contributed by atoms with Gasteiger partial charge >= 0.3 is 5.97 Å². The Hall–Kier alpha value is -4.53. The second kappa shape index (κ2) is 8.54. The van der Waals surface area contributed by atoms with E-state index in [2.05, 4.69) is 44.4 Å². The second-order valence-corrected chi connectivity index (χ2v) is 7.61. The van der Waals surface area contributed by atoms with Gasteiger partial charge in [0.25, 0.3) is 5.95 Å². The number of aromatic nitrogens is 6. The molecule has 0 bridgehead atoms. The SMILES string of the molecule is O=C(O)c1cnn(-c2nc(O)c3nn(CCC(c4ccccc4)c4ccccc4)cc3n2)c1. The Balaban J connectivity index is 1.42. The molecule has 0 amide bonds. The number of nitrogens with zero attached hydrogens (tertiary/aromatic N) is 6. The van der Waals surface area contributed by atoms with E-state index in [-0.39, 0.29) is 28.8 Å². The molecule has 0 aliphatic heterocycles. The molecule has 0 aliphatic rings. The zero-order valence-corrected chi connectivity index (χ0v) is 17.5. The van der Waals surface area contributed by atoms with Crippen LogP contribution in [-0.2, 0) is 6.54 Å². The first-order chi connectivity index (χ1) is 16.1. The molecule has 0 atom stereocenters. The van der Waals surface area contributed by atoms with Crippen molar-refractivity contribution < 1.29 is 15.0 Å². The third-order valence-electron chi connectivity index (χ3n) is 5.47. The normalized spacial score (nSPS) is 11.3. The smallest absolute Gasteiger partial charge is 0.338 e. The van der Waals surface area contributed by atoms with Gasteiger partial charge in [0.05, 0.1) is 18.0 Å². The van der Waals surface area contributed by atoms with Crippen LogP contribution in [-0.4, -0.2) is 45.7 Å². The summed E-state index contributed by atoms with van der Waals surface area (Å²) in [4.78, 5) is 19.5. The minimum atomic E-state index is -1.11. The van der Waals surface area contributed by atoms with Gasteiger partial charge in [-0.15, -0.1) is 0 Å². The molecule has 3 heterocycles. The average molecular weight is 440 g/mol. The molecule has 5 aromatic rings. The van der Waals surface area contributed by atoms with Gasteiger partial charge in [-0.05, 0) is 17.5 Å². The first-order valence-corrected chi connectivity index (χ1v) is 10.4. The molecule has 0 saturated heterocycles. The van der Waals surface area contributed by atoms with E-state index in [0.29, 0.717) is 12.1 Å². The lowest BCUT2D eigenvalue weighted by atomic mass is 9.88. The van der Waals surface area contributed by atoms with Gasteiger partial charge in [0.2, 0.25) is 5.88 Å². The van der Waals surface area contributed by atoms with E-state index < -0.39 is 5.97 Å². The minimum Gasteiger partial charge on any atom is -0.492 e. The number of aromatic hydroxyl groups is 1. The van der Waals surface area contributed by atoms with Crippen LogP contribution in [0.15, 0.2) is 79.3 Å². The van der Waals surface area contributed by atoms with Crippen LogP contribution in [0.1, 0.15) is 33.8 Å². The summed E-state index contributed by atoms with van der Waals surface area (Å²) >= 11 is 0. The molecule has 5 rings (SSSR count). The van der Waals surface area contributed by atoms with Gasteiger partial charge in [0, 0.05) is 18.7 Å². The predicted octanol–water partition coefficient (Wildman–Crippen LogP) is 3.64. The summed E-state index contributed by atoms with van der Waals surface area (Å²) in [5.41, 5.74) is 3.17. The molecule has 0 unspecified atom stereocenters. The maximum atomic E-state index is 11.1. The molecule has 33 heavy (non-hydrogen) atoms. The molecule has 2 N–H and O–H groups in total. The van der Waals surface area contributed by atoms with Gasteiger partial charge in [0.1, 0.15) is 5.52 Å². The number of aromatic carboxylic acids is 1. The summed E-state index contributed by atoms with van der Waals surface area (Å²) in [6.07, 6.45) is 5.03. The molecule has 0 aliphatic carbocycles. The average Bonchev–Trinajstić information content (AvgIpc) is 3.48. The zero-order valence-electron chi connectivity index (χ0n) is 17.5. The highest BCUT2D eigenvalue weighted by Gasteiger charge is 2.17. The van der Waals surface area contributed by atoms with Gasteiger partial charge in [0.15, 0.2) is 5.52 Å². The van der Waals surface area contributed by atoms with Crippen LogP contribution in [0.5, 0.6) is 5.88 Å². The lowest BCUT2D eigenvalue weighted by Crippen LogP contribution is -2.07. The van der Waals surface area contributed by atoms with Crippen LogP contribution < -0.4 is 0 Å². The fourth-order valence-electron chi connectivity index (χ4n) is 3.85. The van der Waals surface area contributed by atoms with Crippen molar-refractivity contribution in [1.29, 1.82) is 0 Å². The number of fused-ring (bicyclic) bond motifs is 1. The minimum absolute atomic E-state index is 0.00162. The number of hydrogen-bond acceptors (Lipinski definition) is 6. The fraction of sp³-hybridized carbons (Fsp3) is 0.125. The molecule has 2 aromatic carbocycles. The quantitative estimate of drug-likeness (QED) is 0.397. The zero-order chi connectivity index (χ0) is 22.8. The van der Waals surface area contributed by atoms with Crippen LogP contribution in [0, 0.1) is 0 Å². The Bertz CT molecular complexity index is 1370. The Morgan fingerprint density at radius 1 is 0.939 bits per heavy atom. The molecule has 9 heteroatoms. The van der Waals surface area contributed by atoms with E-state index in [1.807, 2.05) is 36.4 Å². The first kappa shape index (κ1) is 20.4. The Labute approximate surface area is 188 Å². The number of carboxylic acid groups (broad SMARTS) is 1. The van der Waals surface area contributed by atoms with Crippen molar-refractivity contribution in [2.75, 3.05) is 0 Å². The van der Waals surface area contributed by atoms with E-state index in [1.54, 1.807) is 10.9 Å². The molecular weight excluding hydrogens is 420 g/mol. The maximum absolute atomic E-state index is 11.1. The Morgan fingerprint density at radius 3 is 2.21 bits per heavy atom. The number of carboxylic acids is 1. The van der Waals surface area contributed by atoms with Gasteiger partial charge in [-0.1, -0.05) is 60.7 Å². The molecule has 164 valence electrons. The number of aryl methyl sites for hydroxylation is 1. The van der Waals surface area contributed by atoms with Crippen molar-refractivity contribution >= 4 is 17.0 Å². The number of hydrogen-bond donors (Lipinski definition) is 2. The summed E-state index contributed by atoms with van der Waals surface area (Å²) < 4.78 is 2.95. The lowest BCUT2D eigenvalue weighted by Gasteiger charge is -2.18. The van der Waals surface area contributed by atoms with Gasteiger partial charge in [-0.25, -0.2) is 14.5 Å². The summed E-state index contributed by atoms with van der Waals surface area (Å²) in [6.45, 7) is 0.602. The van der Waals surface area contributed by atoms with Crippen molar-refractivity contribution in [2.45, 2.75) is 18.9 Å². The van der Waals surface area contributed by atoms with Crippen molar-refractivity contribution in [3.63, 3.8) is 0 Å². The maximum Gasteiger partial charge on any atom is 0.338 e. The van der Waals surface area contributed by atoms with E-state index in [4.69, 9.17) is 5.11 Å². The van der Waals surface area contributed by atoms with Crippen LogP contribution in [0.3, 0.4) is 0 Å². The van der Waals surface area contributed by atoms with Crippen molar-refractivity contribution in [3.05, 3.63) is 95.9 Å². The summed E-state index contributed by atoms with van der Waals surface area (Å²) in [5, 5.41) is 27.9. The fourth-order valence-corrected chi connectivity index (χ4v) is 3.85. The lowest BCUT2D eigenvalue weighted by molar-refractivity contribution is 0.0697. The highest BCUT2D eigenvalue weighted by Crippen LogP contribution is 2.29. The van der Waals surface area contributed by atoms with Crippen molar-refractivity contribution in [2.24, 2.45) is 0 Å². The van der Waals surface area contributed by atoms with Crippen molar-refractivity contribution in [1.82, 2.24) is 29.5 Å². The van der Waals surface area contributed by atoms with Crippen LogP contribution in [0.4, 0.5) is 0 Å². The van der Waals surface area contributed by atoms with E-state index in [9.17, 15) is 9.90 Å². The third kappa shape index (κ3) is 4.16. The summed E-state index contributed by atoms with van der Waals surface area (Å²) in [6, 6.07) is 20.6. The van der Waals surface area contributed by atoms with E-state index in [0.717, 1.165) is 6.42 Å². The first-order valence-electron chi connectivity index (χ1n) is 10.4. The Kier molecular flexibility index (Phi) is 5.27. The van der Waals surface area contributed by atoms with Gasteiger partial charge in [-0.2, -0.15) is 15.2 Å². The predicted molar refractivity (Wildman–Crippen MR) is 120 cm³/mol. The standard InChI is InChI=1S/C24H20N6O3/c31-22-21-20(26-24(27-22)30-14-18(13-25-30)23(32)33)15-29(28-21)12-11-19(16-7-3-1-4-8-16)17-9-5-2-6-10-17/h1-10,13-15,19H,11-12H2,(H,32,33)(H,26,27,31). The molecule has 0 spiro atoms. The topological polar surface area (TPSA) is 119 Å². The van der Waals surface area contributed by atoms with Crippen LogP contribution in [0.25, 0.3) is 17.0 Å². The number of rotatable bonds is 7. The molecule has 0 radical (unpaired) electrons. The summed E-state index contributed by atoms with van der Waals surface area (Å²) in [5.74, 6) is -1.14. The number of carbonyl (C=O) groups is 1. The summed E-state index contributed by atoms with van der Waals surface area (Å²) in [7, 11) is 0. The third-order valence-corrected chi connectivity index (χ3v) is 5.47. The molecular formula is C24H20N6O3. The second-order valence-electron chi connectivity index (χ2n) is 7.61. The van der Waals surface area contributed by atoms with Crippen molar-refractivity contribution in [3.8, 4) is 11.8 Å².